The Kier molecular flexibility index (Phi) is 20.0. The van der Waals surface area contributed by atoms with Crippen LogP contribution in [0.1, 0.15) is 2.85 Å². The first-order valence-electron chi connectivity index (χ1n) is 0.390. The maximum atomic E-state index is 4.28. The minimum Gasteiger partial charge on any atom is -1.00 e. The first kappa shape index (κ1) is 9.08. The molecule has 24 valence electrons. The fourth-order valence-electron chi connectivity index (χ4n) is 0. The molecule has 0 aromatic rings. The second-order valence-electron chi connectivity index (χ2n) is 0.0891. The number of hydrogen-bond donors (Lipinski definition) is 1. The zero-order chi connectivity index (χ0) is 2.71. The second-order valence-corrected chi connectivity index (χ2v) is 0.267. The fraction of sp³-hybridized carbons (Fsp3) is 0. The van der Waals surface area contributed by atoms with E-state index < -0.39 is 0 Å². The summed E-state index contributed by atoms with van der Waals surface area (Å²) in [5.74, 6) is 4.11. The van der Waals surface area contributed by atoms with E-state index in [1.165, 1.54) is 0 Å². The van der Waals surface area contributed by atoms with Crippen LogP contribution >= 0.6 is 11.9 Å². The molecule has 0 bridgehead atoms. The van der Waals surface area contributed by atoms with E-state index in [0.717, 1.165) is 0 Å². The van der Waals surface area contributed by atoms with Crippen LogP contribution in [0.4, 0.5) is 0 Å². The molecule has 0 saturated carbocycles. The predicted octanol–water partition coefficient (Wildman–Crippen LogP) is -0.125. The quantitative estimate of drug-likeness (QED) is 0.348. The normalized spacial score (nSPS) is 4.50. The topological polar surface area (TPSA) is 35.2 Å². The molecule has 0 unspecified atom stereocenters. The van der Waals surface area contributed by atoms with Crippen LogP contribution < -0.4 is 5.90 Å². The third-order valence-corrected chi connectivity index (χ3v) is 0. The van der Waals surface area contributed by atoms with Crippen molar-refractivity contribution >= 4 is 49.6 Å². The summed E-state index contributed by atoms with van der Waals surface area (Å²) in [6.45, 7) is 0. The molecule has 0 fully saturated rings. The van der Waals surface area contributed by atoms with Crippen LogP contribution in [0, 0.1) is 0 Å². The maximum Gasteiger partial charge on any atom is 2.00 e. The van der Waals surface area contributed by atoms with Gasteiger partial charge in [0.15, 0.2) is 0 Å². The van der Waals surface area contributed by atoms with Crippen molar-refractivity contribution in [3.8, 4) is 0 Å². The van der Waals surface area contributed by atoms with E-state index in [1.807, 2.05) is 0 Å². The Balaban J connectivity index is -0.00000000667. The summed E-state index contributed by atoms with van der Waals surface area (Å²) < 4.78 is 3.22. The minimum absolute atomic E-state index is 0. The Bertz CT molecular complexity index is 13.5. The van der Waals surface area contributed by atoms with Crippen molar-refractivity contribution in [3.63, 3.8) is 0 Å². The first-order chi connectivity index (χ1) is 1.41. The van der Waals surface area contributed by atoms with E-state index in [9.17, 15) is 0 Å². The maximum absolute atomic E-state index is 4.28. The van der Waals surface area contributed by atoms with Crippen molar-refractivity contribution in [2.75, 3.05) is 0 Å². The summed E-state index contributed by atoms with van der Waals surface area (Å²) in [5, 5.41) is 0. The van der Waals surface area contributed by atoms with Gasteiger partial charge in [-0.05, 0) is 0 Å². The van der Waals surface area contributed by atoms with E-state index in [4.69, 9.17) is 0 Å². The molecule has 0 aromatic heterocycles. The molecule has 0 spiro atoms. The van der Waals surface area contributed by atoms with Crippen LogP contribution in [0.2, 0.25) is 0 Å². The van der Waals surface area contributed by atoms with Crippen molar-refractivity contribution in [1.82, 2.24) is 0 Å². The van der Waals surface area contributed by atoms with Crippen LogP contribution in [0.15, 0.2) is 0 Å². The molecule has 4 heavy (non-hydrogen) atoms. The molecule has 0 rings (SSSR count). The summed E-state index contributed by atoms with van der Waals surface area (Å²) in [6.07, 6.45) is 0. The average Bonchev–Trinajstić information content (AvgIpc) is 0.918. The minimum atomic E-state index is 0. The van der Waals surface area contributed by atoms with Crippen molar-refractivity contribution < 1.29 is 7.24 Å². The van der Waals surface area contributed by atoms with Crippen LogP contribution in [0.5, 0.6) is 0 Å². The smallest absolute Gasteiger partial charge is 1.00 e. The zero-order valence-corrected chi connectivity index (χ0v) is 5.03. The zero-order valence-electron chi connectivity index (χ0n) is 4.07. The molecule has 0 aliphatic heterocycles. The van der Waals surface area contributed by atoms with E-state index in [1.54, 1.807) is 0 Å². The summed E-state index contributed by atoms with van der Waals surface area (Å²) in [4.78, 5) is 0. The third kappa shape index (κ3) is 9.80. The molecule has 0 heterocycles. The molecule has 0 amide bonds. The molecule has 0 aromatic carbocycles. The van der Waals surface area contributed by atoms with Crippen molar-refractivity contribution in [1.29, 1.82) is 0 Å². The van der Waals surface area contributed by atoms with Gasteiger partial charge in [-0.1, -0.05) is 0 Å². The predicted molar refractivity (Wildman–Crippen MR) is 19.1 cm³/mol. The summed E-state index contributed by atoms with van der Waals surface area (Å²) >= 11 is 4.28. The molecule has 0 aliphatic rings. The molecule has 2 nitrogen and oxygen atoms in total. The standard InChI is InChI=1S/Ca.ClH2NO.2H/c;1-3-2;;/h;2H2;;/q+2;;2*-1. The van der Waals surface area contributed by atoms with Crippen molar-refractivity contribution in [3.05, 3.63) is 0 Å². The molecule has 0 atom stereocenters. The van der Waals surface area contributed by atoms with Crippen molar-refractivity contribution in [2.24, 2.45) is 5.90 Å². The molecular formula is H4CaClNO. The fourth-order valence-corrected chi connectivity index (χ4v) is 0. The van der Waals surface area contributed by atoms with Crippen LogP contribution in [-0.4, -0.2) is 37.7 Å². The SMILES string of the molecule is NOCl.[Ca+2].[H-].[H-]. The summed E-state index contributed by atoms with van der Waals surface area (Å²) in [7, 11) is 0. The van der Waals surface area contributed by atoms with Gasteiger partial charge in [0.25, 0.3) is 0 Å². The number of halogens is 1. The molecule has 0 saturated heterocycles. The Morgan fingerprint density at radius 3 is 2.00 bits per heavy atom. The monoisotopic (exact) mass is 109 g/mol. The van der Waals surface area contributed by atoms with Gasteiger partial charge in [-0.25, -0.2) is 0 Å². The van der Waals surface area contributed by atoms with Crippen LogP contribution in [0.3, 0.4) is 0 Å². The van der Waals surface area contributed by atoms with Gasteiger partial charge in [-0.15, -0.1) is 0 Å². The average molecular weight is 110 g/mol. The van der Waals surface area contributed by atoms with Gasteiger partial charge in [0.2, 0.25) is 0 Å². The molecule has 0 radical (unpaired) electrons. The Morgan fingerprint density at radius 2 is 2.00 bits per heavy atom. The Labute approximate surface area is 62.3 Å². The largest absolute Gasteiger partial charge is 2.00 e. The van der Waals surface area contributed by atoms with Crippen LogP contribution in [0.25, 0.3) is 0 Å². The third-order valence-electron chi connectivity index (χ3n) is 0. The number of nitrogens with two attached hydrogens (primary N) is 1. The van der Waals surface area contributed by atoms with Crippen LogP contribution in [-0.2, 0) is 4.39 Å². The Morgan fingerprint density at radius 1 is 2.00 bits per heavy atom. The second kappa shape index (κ2) is 8.82. The molecule has 2 N–H and O–H groups in total. The first-order valence-corrected chi connectivity index (χ1v) is 0.699. The summed E-state index contributed by atoms with van der Waals surface area (Å²) in [6, 6.07) is 0. The van der Waals surface area contributed by atoms with Crippen molar-refractivity contribution in [2.45, 2.75) is 0 Å². The van der Waals surface area contributed by atoms with E-state index >= 15 is 0 Å². The van der Waals surface area contributed by atoms with E-state index in [0.29, 0.717) is 0 Å². The van der Waals surface area contributed by atoms with Gasteiger partial charge < -0.3 is 2.85 Å². The van der Waals surface area contributed by atoms with Gasteiger partial charge >= 0.3 is 37.7 Å². The molecule has 0 aliphatic carbocycles. The number of hydrogen-bond acceptors (Lipinski definition) is 2. The van der Waals surface area contributed by atoms with Gasteiger partial charge in [-0.2, -0.15) is 10.3 Å². The van der Waals surface area contributed by atoms with E-state index in [-0.39, 0.29) is 40.6 Å². The van der Waals surface area contributed by atoms with E-state index in [2.05, 4.69) is 22.2 Å². The summed E-state index contributed by atoms with van der Waals surface area (Å²) in [5.41, 5.74) is 0. The van der Waals surface area contributed by atoms with Gasteiger partial charge in [0.1, 0.15) is 0 Å². The van der Waals surface area contributed by atoms with Gasteiger partial charge in [0.05, 0.1) is 11.9 Å². The molecular weight excluding hydrogens is 106 g/mol. The Hall–Kier alpha value is 1.47. The molecule has 4 heteroatoms. The van der Waals surface area contributed by atoms with Gasteiger partial charge in [-0.3, -0.25) is 0 Å². The number of rotatable bonds is 0. The van der Waals surface area contributed by atoms with Gasteiger partial charge in [0, 0.05) is 0 Å².